The quantitative estimate of drug-likeness (QED) is 0.582. The molecular formula is C21H28ClN7O2. The topological polar surface area (TPSA) is 115 Å². The molecule has 3 aromatic rings. The lowest BCUT2D eigenvalue weighted by Gasteiger charge is -2.39. The van der Waals surface area contributed by atoms with E-state index in [1.165, 1.54) is 0 Å². The molecule has 5 heterocycles. The summed E-state index contributed by atoms with van der Waals surface area (Å²) in [6.45, 7) is 7.38. The van der Waals surface area contributed by atoms with Gasteiger partial charge in [0.15, 0.2) is 5.65 Å². The van der Waals surface area contributed by atoms with E-state index in [1.807, 2.05) is 13.8 Å². The van der Waals surface area contributed by atoms with E-state index >= 15 is 0 Å². The molecule has 0 bridgehead atoms. The Labute approximate surface area is 185 Å². The van der Waals surface area contributed by atoms with Crippen molar-refractivity contribution in [2.24, 2.45) is 12.5 Å². The van der Waals surface area contributed by atoms with E-state index < -0.39 is 0 Å². The molecule has 10 heteroatoms. The van der Waals surface area contributed by atoms with Crippen LogP contribution in [0, 0.1) is 5.41 Å². The van der Waals surface area contributed by atoms with Crippen LogP contribution in [0.3, 0.4) is 0 Å². The van der Waals surface area contributed by atoms with Gasteiger partial charge in [0.05, 0.1) is 12.3 Å². The molecule has 1 spiro atoms. The van der Waals surface area contributed by atoms with E-state index in [2.05, 4.69) is 20.1 Å². The van der Waals surface area contributed by atoms with Crippen molar-refractivity contribution in [1.82, 2.24) is 24.7 Å². The molecule has 2 fully saturated rings. The number of hydrogen-bond donors (Lipinski definition) is 2. The van der Waals surface area contributed by atoms with Gasteiger partial charge in [-0.3, -0.25) is 14.5 Å². The Bertz CT molecular complexity index is 1140. The highest BCUT2D eigenvalue weighted by atomic mass is 35.5. The number of pyridine rings is 1. The molecule has 5 rings (SSSR count). The molecule has 0 aliphatic carbocycles. The van der Waals surface area contributed by atoms with Gasteiger partial charge in [-0.1, -0.05) is 25.4 Å². The normalized spacial score (nSPS) is 17.7. The second-order valence-corrected chi connectivity index (χ2v) is 8.30. The number of rotatable bonds is 2. The second kappa shape index (κ2) is 8.47. The van der Waals surface area contributed by atoms with Crippen molar-refractivity contribution in [2.75, 3.05) is 36.9 Å². The number of nitrogens with two attached hydrogens (primary N) is 1. The van der Waals surface area contributed by atoms with Crippen molar-refractivity contribution in [3.8, 4) is 11.3 Å². The average molecular weight is 446 g/mol. The van der Waals surface area contributed by atoms with Gasteiger partial charge in [0.25, 0.3) is 5.56 Å². The number of H-pyrrole nitrogens is 1. The molecule has 0 amide bonds. The molecule has 0 atom stereocenters. The second-order valence-electron chi connectivity index (χ2n) is 7.94. The number of fused-ring (bicyclic) bond motifs is 1. The number of nitrogens with zero attached hydrogens (tertiary/aromatic N) is 5. The zero-order valence-corrected chi connectivity index (χ0v) is 18.9. The van der Waals surface area contributed by atoms with Crippen LogP contribution in [0.15, 0.2) is 16.9 Å². The highest BCUT2D eigenvalue weighted by Gasteiger charge is 2.38. The number of aromatic nitrogens is 5. The minimum Gasteiger partial charge on any atom is -0.384 e. The number of nitrogen functional groups attached to an aromatic ring is 1. The summed E-state index contributed by atoms with van der Waals surface area (Å²) in [7, 11) is 1.74. The van der Waals surface area contributed by atoms with Gasteiger partial charge in [0.2, 0.25) is 5.95 Å². The first kappa shape index (κ1) is 21.6. The fraction of sp³-hybridized carbons (Fsp3) is 0.524. The molecule has 2 aliphatic rings. The number of hydrogen-bond acceptors (Lipinski definition) is 7. The van der Waals surface area contributed by atoms with Crippen LogP contribution in [0.25, 0.3) is 22.3 Å². The molecule has 31 heavy (non-hydrogen) atoms. The van der Waals surface area contributed by atoms with E-state index in [0.717, 1.165) is 45.6 Å². The van der Waals surface area contributed by atoms with Crippen molar-refractivity contribution in [2.45, 2.75) is 33.1 Å². The molecule has 0 unspecified atom stereocenters. The molecule has 9 nitrogen and oxygen atoms in total. The van der Waals surface area contributed by atoms with Gasteiger partial charge in [-0.05, 0) is 36.8 Å². The monoisotopic (exact) mass is 445 g/mol. The van der Waals surface area contributed by atoms with Gasteiger partial charge in [-0.15, -0.1) is 0 Å². The highest BCUT2D eigenvalue weighted by molar-refractivity contribution is 6.32. The molecule has 166 valence electrons. The third-order valence-electron chi connectivity index (χ3n) is 6.20. The fourth-order valence-corrected chi connectivity index (χ4v) is 4.64. The van der Waals surface area contributed by atoms with Crippen LogP contribution in [-0.4, -0.2) is 51.0 Å². The lowest BCUT2D eigenvalue weighted by Crippen LogP contribution is -2.43. The summed E-state index contributed by atoms with van der Waals surface area (Å²) in [6, 6.07) is 3.36. The van der Waals surface area contributed by atoms with Crippen molar-refractivity contribution in [3.05, 3.63) is 27.6 Å². The van der Waals surface area contributed by atoms with E-state index in [4.69, 9.17) is 27.1 Å². The number of halogens is 1. The molecule has 0 aromatic carbocycles. The van der Waals surface area contributed by atoms with Crippen LogP contribution in [-0.2, 0) is 11.8 Å². The van der Waals surface area contributed by atoms with Crippen molar-refractivity contribution < 1.29 is 4.74 Å². The van der Waals surface area contributed by atoms with Crippen LogP contribution < -0.4 is 16.2 Å². The summed E-state index contributed by atoms with van der Waals surface area (Å²) in [6.07, 6.45) is 3.20. The number of anilines is 2. The van der Waals surface area contributed by atoms with Gasteiger partial charge >= 0.3 is 0 Å². The summed E-state index contributed by atoms with van der Waals surface area (Å²) >= 11 is 6.24. The summed E-state index contributed by atoms with van der Waals surface area (Å²) in [5.74, 6) is 0.947. The van der Waals surface area contributed by atoms with E-state index in [0.29, 0.717) is 34.1 Å². The largest absolute Gasteiger partial charge is 0.384 e. The number of piperidine rings is 1. The maximum atomic E-state index is 13.2. The van der Waals surface area contributed by atoms with E-state index in [-0.39, 0.29) is 16.1 Å². The molecular weight excluding hydrogens is 418 g/mol. The molecule has 0 radical (unpaired) electrons. The van der Waals surface area contributed by atoms with Crippen LogP contribution in [0.5, 0.6) is 0 Å². The first-order valence-electron chi connectivity index (χ1n) is 10.7. The smallest absolute Gasteiger partial charge is 0.266 e. The maximum absolute atomic E-state index is 13.2. The molecule has 3 N–H and O–H groups in total. The Morgan fingerprint density at radius 3 is 2.58 bits per heavy atom. The molecule has 0 saturated carbocycles. The SMILES string of the molecule is CC.Cn1c(N2CCC3(CCOC3)CC2)nc2n[nH]c(-c3ccc(N)nc3Cl)c2c1=O. The number of ether oxygens (including phenoxy) is 1. The van der Waals surface area contributed by atoms with E-state index in [9.17, 15) is 4.79 Å². The Morgan fingerprint density at radius 2 is 1.94 bits per heavy atom. The van der Waals surface area contributed by atoms with Crippen molar-refractivity contribution >= 4 is 34.4 Å². The zero-order valence-electron chi connectivity index (χ0n) is 18.1. The predicted octanol–water partition coefficient (Wildman–Crippen LogP) is 2.99. The third kappa shape index (κ3) is 3.76. The van der Waals surface area contributed by atoms with Gasteiger partial charge < -0.3 is 15.4 Å². The van der Waals surface area contributed by atoms with Gasteiger partial charge in [-0.2, -0.15) is 10.1 Å². The predicted molar refractivity (Wildman–Crippen MR) is 122 cm³/mol. The average Bonchev–Trinajstić information content (AvgIpc) is 3.40. The van der Waals surface area contributed by atoms with Crippen LogP contribution in [0.2, 0.25) is 5.15 Å². The summed E-state index contributed by atoms with van der Waals surface area (Å²) in [5, 5.41) is 7.78. The van der Waals surface area contributed by atoms with Gasteiger partial charge in [-0.25, -0.2) is 4.98 Å². The molecule has 2 saturated heterocycles. The first-order chi connectivity index (χ1) is 15.0. The third-order valence-corrected chi connectivity index (χ3v) is 6.49. The molecule has 3 aromatic heterocycles. The fourth-order valence-electron chi connectivity index (χ4n) is 4.38. The molecule has 2 aliphatic heterocycles. The Morgan fingerprint density at radius 1 is 1.19 bits per heavy atom. The van der Waals surface area contributed by atoms with Crippen LogP contribution in [0.4, 0.5) is 11.8 Å². The van der Waals surface area contributed by atoms with E-state index in [1.54, 1.807) is 23.7 Å². The lowest BCUT2D eigenvalue weighted by molar-refractivity contribution is 0.133. The first-order valence-corrected chi connectivity index (χ1v) is 11.1. The highest BCUT2D eigenvalue weighted by Crippen LogP contribution is 2.40. The van der Waals surface area contributed by atoms with Crippen LogP contribution in [0.1, 0.15) is 33.1 Å². The summed E-state index contributed by atoms with van der Waals surface area (Å²) < 4.78 is 7.20. The maximum Gasteiger partial charge on any atom is 0.266 e. The standard InChI is InChI=1S/C19H22ClN7O2.C2H6/c1-26-17(28)13-14(11-2-3-12(21)22-15(11)20)24-25-16(13)23-18(26)27-7-4-19(5-8-27)6-9-29-10-19;1-2/h2-3H,4-10H2,1H3,(H2,21,22)(H,24,25);1-2H3. The minimum atomic E-state index is -0.175. The van der Waals surface area contributed by atoms with Crippen molar-refractivity contribution in [3.63, 3.8) is 0 Å². The minimum absolute atomic E-state index is 0.175. The van der Waals surface area contributed by atoms with Crippen LogP contribution >= 0.6 is 11.6 Å². The number of nitrogens with one attached hydrogen (secondary N) is 1. The summed E-state index contributed by atoms with van der Waals surface area (Å²) in [4.78, 5) is 24.1. The van der Waals surface area contributed by atoms with Gasteiger partial charge in [0.1, 0.15) is 16.4 Å². The number of aromatic amines is 1. The Balaban J connectivity index is 0.00000112. The Hall–Kier alpha value is -2.65. The lowest BCUT2D eigenvalue weighted by atomic mass is 9.78. The van der Waals surface area contributed by atoms with Crippen molar-refractivity contribution in [1.29, 1.82) is 0 Å². The summed E-state index contributed by atoms with van der Waals surface area (Å²) in [5.41, 5.74) is 7.23. The van der Waals surface area contributed by atoms with Gasteiger partial charge in [0, 0.05) is 32.3 Å². The Kier molecular flexibility index (Phi) is 5.90. The zero-order chi connectivity index (χ0) is 22.2.